The van der Waals surface area contributed by atoms with Crippen molar-refractivity contribution in [3.8, 4) is 16.9 Å². The third-order valence-corrected chi connectivity index (χ3v) is 4.23. The fourth-order valence-corrected chi connectivity index (χ4v) is 3.06. The Labute approximate surface area is 139 Å². The summed E-state index contributed by atoms with van der Waals surface area (Å²) in [5, 5.41) is 2.24. The Morgan fingerprint density at radius 3 is 2.83 bits per heavy atom. The van der Waals surface area contributed by atoms with Crippen molar-refractivity contribution in [2.75, 3.05) is 6.61 Å². The number of hydrogen-bond acceptors (Lipinski definition) is 4. The zero-order valence-electron chi connectivity index (χ0n) is 12.9. The van der Waals surface area contributed by atoms with Crippen molar-refractivity contribution >= 4 is 16.9 Å². The summed E-state index contributed by atoms with van der Waals surface area (Å²) in [6, 6.07) is 14.2. The number of hydrogen-bond donors (Lipinski definition) is 1. The van der Waals surface area contributed by atoms with Gasteiger partial charge in [-0.25, -0.2) is 4.79 Å². The number of carbonyl (C=O) groups excluding carboxylic acids is 1. The van der Waals surface area contributed by atoms with Crippen molar-refractivity contribution in [2.24, 2.45) is 5.73 Å². The Hall–Kier alpha value is -3.08. The number of benzene rings is 2. The van der Waals surface area contributed by atoms with Crippen LogP contribution in [-0.4, -0.2) is 17.7 Å². The van der Waals surface area contributed by atoms with E-state index in [0.717, 1.165) is 33.2 Å². The molecule has 1 amide bonds. The van der Waals surface area contributed by atoms with Gasteiger partial charge in [0.1, 0.15) is 11.9 Å². The molecular weight excluding hydrogens is 304 g/mol. The molecule has 5 heteroatoms. The summed E-state index contributed by atoms with van der Waals surface area (Å²) >= 11 is 0. The number of fused-ring (bicyclic) bond motifs is 2. The number of pyridine rings is 1. The van der Waals surface area contributed by atoms with Crippen molar-refractivity contribution < 1.29 is 14.3 Å². The Kier molecular flexibility index (Phi) is 3.54. The second-order valence-corrected chi connectivity index (χ2v) is 5.75. The van der Waals surface area contributed by atoms with Gasteiger partial charge in [-0.1, -0.05) is 24.3 Å². The normalized spacial score (nSPS) is 16.2. The monoisotopic (exact) mass is 320 g/mol. The lowest BCUT2D eigenvalue weighted by atomic mass is 9.97. The van der Waals surface area contributed by atoms with E-state index in [1.165, 1.54) is 0 Å². The Morgan fingerprint density at radius 2 is 1.96 bits per heavy atom. The molecule has 2 aromatic carbocycles. The van der Waals surface area contributed by atoms with E-state index in [2.05, 4.69) is 23.2 Å². The zero-order chi connectivity index (χ0) is 16.5. The van der Waals surface area contributed by atoms with Gasteiger partial charge in [0.25, 0.3) is 0 Å². The van der Waals surface area contributed by atoms with Crippen LogP contribution >= 0.6 is 0 Å². The lowest BCUT2D eigenvalue weighted by molar-refractivity contribution is 0.0766. The van der Waals surface area contributed by atoms with Gasteiger partial charge in [0, 0.05) is 29.8 Å². The van der Waals surface area contributed by atoms with Gasteiger partial charge in [-0.2, -0.15) is 0 Å². The third-order valence-electron chi connectivity index (χ3n) is 4.23. The maximum Gasteiger partial charge on any atom is 0.405 e. The molecule has 0 spiro atoms. The molecule has 0 saturated carbocycles. The summed E-state index contributed by atoms with van der Waals surface area (Å²) < 4.78 is 10.9. The molecule has 0 fully saturated rings. The molecule has 1 atom stereocenters. The first-order valence-corrected chi connectivity index (χ1v) is 7.78. The van der Waals surface area contributed by atoms with Gasteiger partial charge in [0.05, 0.1) is 6.61 Å². The maximum atomic E-state index is 11.0. The average molecular weight is 320 g/mol. The SMILES string of the molecule is NC(=O)OC1CCOc2cc(-c3ccc4ccncc4c3)ccc21. The first-order chi connectivity index (χ1) is 11.7. The smallest absolute Gasteiger partial charge is 0.405 e. The molecule has 1 aliphatic rings. The first kappa shape index (κ1) is 14.5. The highest BCUT2D eigenvalue weighted by Crippen LogP contribution is 2.37. The number of amides is 1. The maximum absolute atomic E-state index is 11.0. The molecular formula is C19H16N2O3. The molecule has 120 valence electrons. The van der Waals surface area contributed by atoms with E-state index in [0.29, 0.717) is 13.0 Å². The van der Waals surface area contributed by atoms with E-state index in [4.69, 9.17) is 15.2 Å². The summed E-state index contributed by atoms with van der Waals surface area (Å²) in [7, 11) is 0. The topological polar surface area (TPSA) is 74.4 Å². The van der Waals surface area contributed by atoms with Crippen LogP contribution in [0.4, 0.5) is 4.79 Å². The van der Waals surface area contributed by atoms with E-state index in [1.54, 1.807) is 6.20 Å². The minimum absolute atomic E-state index is 0.346. The molecule has 0 aliphatic carbocycles. The van der Waals surface area contributed by atoms with Crippen LogP contribution in [-0.2, 0) is 4.74 Å². The van der Waals surface area contributed by atoms with Gasteiger partial charge in [0.15, 0.2) is 0 Å². The van der Waals surface area contributed by atoms with Crippen LogP contribution in [0.15, 0.2) is 54.9 Å². The van der Waals surface area contributed by atoms with Crippen LogP contribution in [0.2, 0.25) is 0 Å². The molecule has 3 aromatic rings. The number of rotatable bonds is 2. The molecule has 0 bridgehead atoms. The van der Waals surface area contributed by atoms with E-state index >= 15 is 0 Å². The van der Waals surface area contributed by atoms with E-state index in [-0.39, 0.29) is 6.10 Å². The fraction of sp³-hybridized carbons (Fsp3) is 0.158. The molecule has 0 saturated heterocycles. The Bertz CT molecular complexity index is 923. The predicted molar refractivity (Wildman–Crippen MR) is 90.7 cm³/mol. The second kappa shape index (κ2) is 5.85. The van der Waals surface area contributed by atoms with Crippen molar-refractivity contribution in [2.45, 2.75) is 12.5 Å². The Balaban J connectivity index is 1.72. The number of carbonyl (C=O) groups is 1. The van der Waals surface area contributed by atoms with E-state index < -0.39 is 6.09 Å². The van der Waals surface area contributed by atoms with Crippen LogP contribution in [0.1, 0.15) is 18.1 Å². The van der Waals surface area contributed by atoms with E-state index in [1.807, 2.05) is 30.5 Å². The fourth-order valence-electron chi connectivity index (χ4n) is 3.06. The van der Waals surface area contributed by atoms with Gasteiger partial charge >= 0.3 is 6.09 Å². The Morgan fingerprint density at radius 1 is 1.12 bits per heavy atom. The molecule has 2 N–H and O–H groups in total. The van der Waals surface area contributed by atoms with Crippen molar-refractivity contribution in [3.63, 3.8) is 0 Å². The van der Waals surface area contributed by atoms with Crippen LogP contribution in [0.5, 0.6) is 5.75 Å². The van der Waals surface area contributed by atoms with Crippen LogP contribution < -0.4 is 10.5 Å². The largest absolute Gasteiger partial charge is 0.493 e. The number of ether oxygens (including phenoxy) is 2. The predicted octanol–water partition coefficient (Wildman–Crippen LogP) is 3.82. The lowest BCUT2D eigenvalue weighted by Gasteiger charge is -2.25. The summed E-state index contributed by atoms with van der Waals surface area (Å²) in [5.74, 6) is 0.733. The molecule has 5 nitrogen and oxygen atoms in total. The molecule has 4 rings (SSSR count). The second-order valence-electron chi connectivity index (χ2n) is 5.75. The molecule has 1 aliphatic heterocycles. The molecule has 1 aromatic heterocycles. The van der Waals surface area contributed by atoms with Crippen molar-refractivity contribution in [1.82, 2.24) is 4.98 Å². The quantitative estimate of drug-likeness (QED) is 0.779. The van der Waals surface area contributed by atoms with Gasteiger partial charge in [-0.05, 0) is 34.7 Å². The van der Waals surface area contributed by atoms with Crippen molar-refractivity contribution in [1.29, 1.82) is 0 Å². The average Bonchev–Trinajstić information content (AvgIpc) is 2.60. The van der Waals surface area contributed by atoms with Gasteiger partial charge in [0.2, 0.25) is 0 Å². The molecule has 2 heterocycles. The van der Waals surface area contributed by atoms with Gasteiger partial charge in [-0.3, -0.25) is 4.98 Å². The number of nitrogens with two attached hydrogens (primary N) is 1. The minimum Gasteiger partial charge on any atom is -0.493 e. The molecule has 0 radical (unpaired) electrons. The third kappa shape index (κ3) is 2.65. The number of primary amides is 1. The van der Waals surface area contributed by atoms with Crippen molar-refractivity contribution in [3.05, 3.63) is 60.4 Å². The summed E-state index contributed by atoms with van der Waals surface area (Å²) in [6.07, 6.45) is 3.13. The van der Waals surface area contributed by atoms with Gasteiger partial charge in [-0.15, -0.1) is 0 Å². The highest BCUT2D eigenvalue weighted by Gasteiger charge is 2.24. The highest BCUT2D eigenvalue weighted by molar-refractivity contribution is 5.86. The standard InChI is InChI=1S/C19H16N2O3/c20-19(22)24-17-6-8-23-18-10-14(3-4-16(17)18)13-2-1-12-5-7-21-11-15(12)9-13/h1-5,7,9-11,17H,6,8H2,(H2,20,22). The summed E-state index contributed by atoms with van der Waals surface area (Å²) in [5.41, 5.74) is 8.12. The van der Waals surface area contributed by atoms with E-state index in [9.17, 15) is 4.79 Å². The van der Waals surface area contributed by atoms with Crippen LogP contribution in [0.3, 0.4) is 0 Å². The zero-order valence-corrected chi connectivity index (χ0v) is 12.9. The lowest BCUT2D eigenvalue weighted by Crippen LogP contribution is -2.22. The minimum atomic E-state index is -0.765. The van der Waals surface area contributed by atoms with Gasteiger partial charge < -0.3 is 15.2 Å². The number of aromatic nitrogens is 1. The molecule has 1 unspecified atom stereocenters. The number of nitrogens with zero attached hydrogens (tertiary/aromatic N) is 1. The van der Waals surface area contributed by atoms with Crippen LogP contribution in [0.25, 0.3) is 21.9 Å². The first-order valence-electron chi connectivity index (χ1n) is 7.78. The van der Waals surface area contributed by atoms with Crippen LogP contribution in [0, 0.1) is 0 Å². The highest BCUT2D eigenvalue weighted by atomic mass is 16.6. The summed E-state index contributed by atoms with van der Waals surface area (Å²) in [6.45, 7) is 0.496. The summed E-state index contributed by atoms with van der Waals surface area (Å²) in [4.78, 5) is 15.2. The molecule has 24 heavy (non-hydrogen) atoms.